The molecule has 162 valence electrons. The molecular formula is C24H25F2N3O2. The molecule has 0 saturated carbocycles. The van der Waals surface area contributed by atoms with E-state index in [4.69, 9.17) is 4.74 Å². The lowest BCUT2D eigenvalue weighted by Crippen LogP contribution is -2.35. The molecule has 1 aliphatic rings. The van der Waals surface area contributed by atoms with Crippen molar-refractivity contribution in [2.24, 2.45) is 5.92 Å². The number of hydrogen-bond acceptors (Lipinski definition) is 3. The molecule has 3 aromatic rings. The molecule has 4 rings (SSSR count). The summed E-state index contributed by atoms with van der Waals surface area (Å²) in [6, 6.07) is 13.3. The van der Waals surface area contributed by atoms with Gasteiger partial charge in [-0.3, -0.25) is 4.79 Å². The Labute approximate surface area is 180 Å². The summed E-state index contributed by atoms with van der Waals surface area (Å²) in [5.41, 5.74) is 2.59. The summed E-state index contributed by atoms with van der Waals surface area (Å²) in [4.78, 5) is 13.0. The standard InChI is InChI=1S/C24H25F2N3O2/c1-15-22(16(2)29(28-15)21-11-10-19(25)13-20(21)26)24(30)27-14-18-9-6-12-31-23(18)17-7-4-3-5-8-17/h3-5,7-8,10-11,13,18,23H,6,9,12,14H2,1-2H3,(H,27,30). The molecule has 2 atom stereocenters. The number of aryl methyl sites for hydroxylation is 1. The van der Waals surface area contributed by atoms with E-state index < -0.39 is 11.6 Å². The van der Waals surface area contributed by atoms with Crippen LogP contribution in [0.4, 0.5) is 8.78 Å². The van der Waals surface area contributed by atoms with E-state index in [1.54, 1.807) is 13.8 Å². The van der Waals surface area contributed by atoms with Gasteiger partial charge in [0.25, 0.3) is 5.91 Å². The number of rotatable bonds is 5. The Morgan fingerprint density at radius 3 is 2.71 bits per heavy atom. The third-order valence-electron chi connectivity index (χ3n) is 5.75. The summed E-state index contributed by atoms with van der Waals surface area (Å²) in [7, 11) is 0. The van der Waals surface area contributed by atoms with Crippen LogP contribution in [0.15, 0.2) is 48.5 Å². The van der Waals surface area contributed by atoms with Gasteiger partial charge in [-0.25, -0.2) is 13.5 Å². The molecule has 0 spiro atoms. The number of benzene rings is 2. The largest absolute Gasteiger partial charge is 0.373 e. The average molecular weight is 425 g/mol. The zero-order valence-corrected chi connectivity index (χ0v) is 17.6. The molecule has 0 aliphatic carbocycles. The van der Waals surface area contributed by atoms with Gasteiger partial charge in [0.15, 0.2) is 5.82 Å². The zero-order chi connectivity index (χ0) is 22.0. The molecule has 1 saturated heterocycles. The van der Waals surface area contributed by atoms with Crippen molar-refractivity contribution in [3.8, 4) is 5.69 Å². The van der Waals surface area contributed by atoms with Gasteiger partial charge in [-0.1, -0.05) is 30.3 Å². The van der Waals surface area contributed by atoms with Crippen LogP contribution in [0.5, 0.6) is 0 Å². The zero-order valence-electron chi connectivity index (χ0n) is 17.6. The van der Waals surface area contributed by atoms with Gasteiger partial charge in [0, 0.05) is 25.1 Å². The molecule has 0 radical (unpaired) electrons. The average Bonchev–Trinajstić information content (AvgIpc) is 3.06. The number of aromatic nitrogens is 2. The van der Waals surface area contributed by atoms with E-state index in [1.807, 2.05) is 30.3 Å². The van der Waals surface area contributed by atoms with Gasteiger partial charge in [0.05, 0.1) is 23.1 Å². The normalized spacial score (nSPS) is 18.7. The fourth-order valence-electron chi connectivity index (χ4n) is 4.23. The summed E-state index contributed by atoms with van der Waals surface area (Å²) in [6.07, 6.45) is 1.84. The van der Waals surface area contributed by atoms with Gasteiger partial charge in [0.2, 0.25) is 0 Å². The second-order valence-electron chi connectivity index (χ2n) is 7.87. The summed E-state index contributed by atoms with van der Waals surface area (Å²) < 4.78 is 34.9. The van der Waals surface area contributed by atoms with Gasteiger partial charge in [-0.05, 0) is 44.4 Å². The highest BCUT2D eigenvalue weighted by Gasteiger charge is 2.29. The monoisotopic (exact) mass is 425 g/mol. The van der Waals surface area contributed by atoms with Crippen LogP contribution in [0, 0.1) is 31.4 Å². The predicted octanol–water partition coefficient (Wildman–Crippen LogP) is 4.67. The molecular weight excluding hydrogens is 400 g/mol. The van der Waals surface area contributed by atoms with Crippen molar-refractivity contribution >= 4 is 5.91 Å². The van der Waals surface area contributed by atoms with E-state index in [0.717, 1.165) is 24.5 Å². The number of ether oxygens (including phenoxy) is 1. The Hall–Kier alpha value is -3.06. The highest BCUT2D eigenvalue weighted by Crippen LogP contribution is 2.33. The van der Waals surface area contributed by atoms with Gasteiger partial charge < -0.3 is 10.1 Å². The van der Waals surface area contributed by atoms with Crippen LogP contribution in [0.3, 0.4) is 0 Å². The smallest absolute Gasteiger partial charge is 0.255 e. The topological polar surface area (TPSA) is 56.2 Å². The van der Waals surface area contributed by atoms with E-state index >= 15 is 0 Å². The van der Waals surface area contributed by atoms with Gasteiger partial charge in [0.1, 0.15) is 11.5 Å². The first-order valence-electron chi connectivity index (χ1n) is 10.4. The molecule has 7 heteroatoms. The number of carbonyl (C=O) groups is 1. The van der Waals surface area contributed by atoms with Crippen molar-refractivity contribution in [3.05, 3.63) is 82.7 Å². The van der Waals surface area contributed by atoms with E-state index in [0.29, 0.717) is 30.1 Å². The number of hydrogen-bond donors (Lipinski definition) is 1. The minimum atomic E-state index is -0.734. The lowest BCUT2D eigenvalue weighted by Gasteiger charge is -2.32. The third kappa shape index (κ3) is 4.37. The Kier molecular flexibility index (Phi) is 6.13. The fourth-order valence-corrected chi connectivity index (χ4v) is 4.23. The van der Waals surface area contributed by atoms with Crippen LogP contribution in [0.1, 0.15) is 46.3 Å². The number of amides is 1. The highest BCUT2D eigenvalue weighted by atomic mass is 19.1. The number of nitrogens with one attached hydrogen (secondary N) is 1. The van der Waals surface area contributed by atoms with Crippen molar-refractivity contribution in [2.45, 2.75) is 32.8 Å². The molecule has 1 aliphatic heterocycles. The molecule has 1 fully saturated rings. The summed E-state index contributed by atoms with van der Waals surface area (Å²) in [6.45, 7) is 4.58. The third-order valence-corrected chi connectivity index (χ3v) is 5.75. The fraction of sp³-hybridized carbons (Fsp3) is 0.333. The lowest BCUT2D eigenvalue weighted by atomic mass is 9.89. The van der Waals surface area contributed by atoms with Crippen molar-refractivity contribution in [1.82, 2.24) is 15.1 Å². The Balaban J connectivity index is 1.52. The summed E-state index contributed by atoms with van der Waals surface area (Å²) in [5.74, 6) is -1.50. The van der Waals surface area contributed by atoms with Crippen LogP contribution in [0.25, 0.3) is 5.69 Å². The maximum atomic E-state index is 14.2. The molecule has 2 heterocycles. The lowest BCUT2D eigenvalue weighted by molar-refractivity contribution is -0.0272. The summed E-state index contributed by atoms with van der Waals surface area (Å²) >= 11 is 0. The van der Waals surface area contributed by atoms with E-state index in [1.165, 1.54) is 16.8 Å². The Morgan fingerprint density at radius 2 is 1.97 bits per heavy atom. The van der Waals surface area contributed by atoms with Crippen LogP contribution in [-0.4, -0.2) is 28.8 Å². The predicted molar refractivity (Wildman–Crippen MR) is 113 cm³/mol. The second kappa shape index (κ2) is 8.98. The molecule has 0 bridgehead atoms. The second-order valence-corrected chi connectivity index (χ2v) is 7.87. The van der Waals surface area contributed by atoms with Gasteiger partial charge in [-0.2, -0.15) is 5.10 Å². The number of carbonyl (C=O) groups excluding carboxylic acids is 1. The number of halogens is 2. The van der Waals surface area contributed by atoms with E-state index in [9.17, 15) is 13.6 Å². The van der Waals surface area contributed by atoms with Gasteiger partial charge in [-0.15, -0.1) is 0 Å². The van der Waals surface area contributed by atoms with Crippen LogP contribution >= 0.6 is 0 Å². The molecule has 2 aromatic carbocycles. The molecule has 31 heavy (non-hydrogen) atoms. The quantitative estimate of drug-likeness (QED) is 0.647. The van der Waals surface area contributed by atoms with Crippen molar-refractivity contribution < 1.29 is 18.3 Å². The summed E-state index contributed by atoms with van der Waals surface area (Å²) in [5, 5.41) is 7.33. The SMILES string of the molecule is Cc1nn(-c2ccc(F)cc2F)c(C)c1C(=O)NCC1CCCOC1c1ccccc1. The highest BCUT2D eigenvalue weighted by molar-refractivity contribution is 5.96. The Bertz CT molecular complexity index is 1080. The first-order chi connectivity index (χ1) is 15.0. The maximum Gasteiger partial charge on any atom is 0.255 e. The molecule has 5 nitrogen and oxygen atoms in total. The molecule has 1 amide bonds. The van der Waals surface area contributed by atoms with E-state index in [2.05, 4.69) is 10.4 Å². The Morgan fingerprint density at radius 1 is 1.19 bits per heavy atom. The van der Waals surface area contributed by atoms with E-state index in [-0.39, 0.29) is 23.6 Å². The molecule has 1 aromatic heterocycles. The van der Waals surface area contributed by atoms with Crippen molar-refractivity contribution in [3.63, 3.8) is 0 Å². The van der Waals surface area contributed by atoms with Crippen molar-refractivity contribution in [2.75, 3.05) is 13.2 Å². The first-order valence-corrected chi connectivity index (χ1v) is 10.4. The minimum Gasteiger partial charge on any atom is -0.373 e. The first kappa shape index (κ1) is 21.2. The number of nitrogens with zero attached hydrogens (tertiary/aromatic N) is 2. The maximum absolute atomic E-state index is 14.2. The van der Waals surface area contributed by atoms with Gasteiger partial charge >= 0.3 is 0 Å². The minimum absolute atomic E-state index is 0.0616. The van der Waals surface area contributed by atoms with Crippen LogP contribution < -0.4 is 5.32 Å². The van der Waals surface area contributed by atoms with Crippen molar-refractivity contribution in [1.29, 1.82) is 0 Å². The molecule has 1 N–H and O–H groups in total. The molecule has 2 unspecified atom stereocenters. The van der Waals surface area contributed by atoms with Crippen LogP contribution in [0.2, 0.25) is 0 Å². The van der Waals surface area contributed by atoms with Crippen LogP contribution in [-0.2, 0) is 4.74 Å².